The number of nitriles is 1. The summed E-state index contributed by atoms with van der Waals surface area (Å²) in [5, 5.41) is 9.07. The molecule has 0 radical (unpaired) electrons. The Hall–Kier alpha value is -2.49. The fourth-order valence-electron chi connectivity index (χ4n) is 1.86. The standard InChI is InChI=1S/C13H11F3N4/c1-2-20-7-11(13(14,15)16)19-12(20)10-4-3-9(18)5-8(10)6-17/h3-5,7H,2,18H2,1H3. The first-order valence-corrected chi connectivity index (χ1v) is 5.81. The molecule has 0 spiro atoms. The molecule has 2 aromatic rings. The van der Waals surface area contributed by atoms with Crippen molar-refractivity contribution in [3.8, 4) is 17.5 Å². The lowest BCUT2D eigenvalue weighted by Gasteiger charge is -2.06. The molecule has 1 heterocycles. The molecule has 0 aliphatic carbocycles. The van der Waals surface area contributed by atoms with E-state index in [1.807, 2.05) is 6.07 Å². The number of imidazole rings is 1. The molecule has 0 aliphatic rings. The topological polar surface area (TPSA) is 67.6 Å². The Morgan fingerprint density at radius 3 is 2.65 bits per heavy atom. The van der Waals surface area contributed by atoms with E-state index < -0.39 is 11.9 Å². The van der Waals surface area contributed by atoms with E-state index >= 15 is 0 Å². The zero-order valence-electron chi connectivity index (χ0n) is 10.6. The molecule has 20 heavy (non-hydrogen) atoms. The van der Waals surface area contributed by atoms with Crippen LogP contribution in [0.25, 0.3) is 11.4 Å². The molecule has 0 saturated heterocycles. The summed E-state index contributed by atoms with van der Waals surface area (Å²) in [6.07, 6.45) is -3.58. The first kappa shape index (κ1) is 13.9. The van der Waals surface area contributed by atoms with Crippen LogP contribution in [-0.2, 0) is 12.7 Å². The molecule has 0 amide bonds. The van der Waals surface area contributed by atoms with Crippen LogP contribution < -0.4 is 5.73 Å². The van der Waals surface area contributed by atoms with Crippen LogP contribution in [0.2, 0.25) is 0 Å². The summed E-state index contributed by atoms with van der Waals surface area (Å²) in [5.74, 6) is 0.108. The van der Waals surface area contributed by atoms with E-state index in [0.717, 1.165) is 6.20 Å². The molecule has 4 nitrogen and oxygen atoms in total. The second kappa shape index (κ2) is 4.89. The van der Waals surface area contributed by atoms with Crippen LogP contribution >= 0.6 is 0 Å². The third kappa shape index (κ3) is 2.45. The van der Waals surface area contributed by atoms with E-state index in [1.165, 1.54) is 22.8 Å². The summed E-state index contributed by atoms with van der Waals surface area (Å²) in [6, 6.07) is 6.36. The Balaban J connectivity index is 2.64. The van der Waals surface area contributed by atoms with Gasteiger partial charge in [-0.25, -0.2) is 4.98 Å². The minimum Gasteiger partial charge on any atom is -0.399 e. The summed E-state index contributed by atoms with van der Waals surface area (Å²) in [4.78, 5) is 3.61. The zero-order chi connectivity index (χ0) is 14.9. The van der Waals surface area contributed by atoms with Gasteiger partial charge in [-0.05, 0) is 25.1 Å². The van der Waals surface area contributed by atoms with Gasteiger partial charge in [-0.15, -0.1) is 0 Å². The number of benzene rings is 1. The van der Waals surface area contributed by atoms with Gasteiger partial charge in [0, 0.05) is 24.0 Å². The van der Waals surface area contributed by atoms with Crippen LogP contribution in [0.4, 0.5) is 18.9 Å². The van der Waals surface area contributed by atoms with E-state index in [4.69, 9.17) is 11.0 Å². The lowest BCUT2D eigenvalue weighted by Crippen LogP contribution is -2.05. The number of rotatable bonds is 2. The van der Waals surface area contributed by atoms with Gasteiger partial charge in [0.15, 0.2) is 5.69 Å². The fraction of sp³-hybridized carbons (Fsp3) is 0.231. The quantitative estimate of drug-likeness (QED) is 0.860. The molecule has 1 aromatic carbocycles. The maximum atomic E-state index is 12.7. The molecule has 0 fully saturated rings. The van der Waals surface area contributed by atoms with Gasteiger partial charge in [0.2, 0.25) is 0 Å². The second-order valence-electron chi connectivity index (χ2n) is 4.15. The average Bonchev–Trinajstić information content (AvgIpc) is 2.82. The second-order valence-corrected chi connectivity index (χ2v) is 4.15. The maximum absolute atomic E-state index is 12.7. The van der Waals surface area contributed by atoms with Crippen LogP contribution in [0.15, 0.2) is 24.4 Å². The van der Waals surface area contributed by atoms with Crippen molar-refractivity contribution in [2.24, 2.45) is 0 Å². The molecular formula is C13H11F3N4. The Labute approximate surface area is 113 Å². The molecule has 2 rings (SSSR count). The number of hydrogen-bond donors (Lipinski definition) is 1. The largest absolute Gasteiger partial charge is 0.434 e. The SMILES string of the molecule is CCn1cc(C(F)(F)F)nc1-c1ccc(N)cc1C#N. The van der Waals surface area contributed by atoms with Crippen LogP contribution in [0, 0.1) is 11.3 Å². The number of aromatic nitrogens is 2. The van der Waals surface area contributed by atoms with Crippen molar-refractivity contribution < 1.29 is 13.2 Å². The lowest BCUT2D eigenvalue weighted by atomic mass is 10.1. The molecule has 0 unspecified atom stereocenters. The summed E-state index contributed by atoms with van der Waals surface area (Å²) in [5.41, 5.74) is 5.49. The van der Waals surface area contributed by atoms with Crippen molar-refractivity contribution in [2.75, 3.05) is 5.73 Å². The van der Waals surface area contributed by atoms with Crippen LogP contribution in [0.5, 0.6) is 0 Å². The number of nitrogens with zero attached hydrogens (tertiary/aromatic N) is 3. The van der Waals surface area contributed by atoms with Crippen LogP contribution in [0.1, 0.15) is 18.2 Å². The molecule has 104 valence electrons. The summed E-state index contributed by atoms with van der Waals surface area (Å²) in [7, 11) is 0. The van der Waals surface area contributed by atoms with Crippen molar-refractivity contribution in [1.82, 2.24) is 9.55 Å². The minimum absolute atomic E-state index is 0.108. The number of halogens is 3. The van der Waals surface area contributed by atoms with Gasteiger partial charge >= 0.3 is 6.18 Å². The highest BCUT2D eigenvalue weighted by atomic mass is 19.4. The van der Waals surface area contributed by atoms with Gasteiger partial charge < -0.3 is 10.3 Å². The fourth-order valence-corrected chi connectivity index (χ4v) is 1.86. The van der Waals surface area contributed by atoms with Gasteiger partial charge in [0.1, 0.15) is 5.82 Å². The Morgan fingerprint density at radius 1 is 1.40 bits per heavy atom. The van der Waals surface area contributed by atoms with E-state index in [1.54, 1.807) is 6.92 Å². The predicted octanol–water partition coefficient (Wildman–Crippen LogP) is 3.04. The Morgan fingerprint density at radius 2 is 2.10 bits per heavy atom. The van der Waals surface area contributed by atoms with Crippen LogP contribution in [-0.4, -0.2) is 9.55 Å². The van der Waals surface area contributed by atoms with Gasteiger partial charge in [0.25, 0.3) is 0 Å². The molecule has 2 N–H and O–H groups in total. The monoisotopic (exact) mass is 280 g/mol. The van der Waals surface area contributed by atoms with Crippen molar-refractivity contribution in [1.29, 1.82) is 5.26 Å². The third-order valence-electron chi connectivity index (χ3n) is 2.81. The van der Waals surface area contributed by atoms with Crippen molar-refractivity contribution in [2.45, 2.75) is 19.6 Å². The smallest absolute Gasteiger partial charge is 0.399 e. The minimum atomic E-state index is -4.52. The highest BCUT2D eigenvalue weighted by molar-refractivity contribution is 5.68. The zero-order valence-corrected chi connectivity index (χ0v) is 10.6. The van der Waals surface area contributed by atoms with Crippen LogP contribution in [0.3, 0.4) is 0 Å². The highest BCUT2D eigenvalue weighted by Gasteiger charge is 2.35. The molecule has 0 saturated carbocycles. The van der Waals surface area contributed by atoms with Crippen molar-refractivity contribution in [3.05, 3.63) is 35.7 Å². The molecule has 7 heteroatoms. The first-order chi connectivity index (χ1) is 9.36. The predicted molar refractivity (Wildman–Crippen MR) is 67.5 cm³/mol. The average molecular weight is 280 g/mol. The van der Waals surface area contributed by atoms with E-state index in [2.05, 4.69) is 4.98 Å². The molecular weight excluding hydrogens is 269 g/mol. The number of alkyl halides is 3. The van der Waals surface area contributed by atoms with E-state index in [-0.39, 0.29) is 11.4 Å². The number of anilines is 1. The lowest BCUT2D eigenvalue weighted by molar-refractivity contribution is -0.140. The van der Waals surface area contributed by atoms with E-state index in [0.29, 0.717) is 17.8 Å². The van der Waals surface area contributed by atoms with E-state index in [9.17, 15) is 13.2 Å². The van der Waals surface area contributed by atoms with Crippen molar-refractivity contribution >= 4 is 5.69 Å². The molecule has 0 aliphatic heterocycles. The number of nitrogens with two attached hydrogens (primary N) is 1. The first-order valence-electron chi connectivity index (χ1n) is 5.81. The van der Waals surface area contributed by atoms with Gasteiger partial charge in [-0.1, -0.05) is 0 Å². The molecule has 0 atom stereocenters. The Kier molecular flexibility index (Phi) is 3.40. The molecule has 1 aromatic heterocycles. The summed E-state index contributed by atoms with van der Waals surface area (Å²) >= 11 is 0. The number of aryl methyl sites for hydroxylation is 1. The van der Waals surface area contributed by atoms with Gasteiger partial charge in [0.05, 0.1) is 11.6 Å². The Bertz CT molecular complexity index is 680. The summed E-state index contributed by atoms with van der Waals surface area (Å²) in [6.45, 7) is 2.02. The maximum Gasteiger partial charge on any atom is 0.434 e. The normalized spacial score (nSPS) is 11.3. The third-order valence-corrected chi connectivity index (χ3v) is 2.81. The molecule has 0 bridgehead atoms. The van der Waals surface area contributed by atoms with Crippen molar-refractivity contribution in [3.63, 3.8) is 0 Å². The van der Waals surface area contributed by atoms with Gasteiger partial charge in [-0.2, -0.15) is 18.4 Å². The number of nitrogen functional groups attached to an aromatic ring is 1. The summed E-state index contributed by atoms with van der Waals surface area (Å²) < 4.78 is 39.5. The number of hydrogen-bond acceptors (Lipinski definition) is 3. The van der Waals surface area contributed by atoms with Gasteiger partial charge in [-0.3, -0.25) is 0 Å². The highest BCUT2D eigenvalue weighted by Crippen LogP contribution is 2.32.